The Balaban J connectivity index is 2.20. The van der Waals surface area contributed by atoms with Crippen LogP contribution in [0.5, 0.6) is 11.8 Å². The number of hydrogen-bond donors (Lipinski definition) is 0. The molecule has 2 aromatic heterocycles. The number of benzene rings is 1. The third kappa shape index (κ3) is 3.50. The lowest BCUT2D eigenvalue weighted by molar-refractivity contribution is -0.144. The van der Waals surface area contributed by atoms with Crippen LogP contribution in [0.1, 0.15) is 23.2 Å². The van der Waals surface area contributed by atoms with Crippen LogP contribution in [0, 0.1) is 0 Å². The second kappa shape index (κ2) is 6.25. The van der Waals surface area contributed by atoms with Gasteiger partial charge in [-0.3, -0.25) is 4.79 Å². The molecule has 25 heavy (non-hydrogen) atoms. The number of carbonyl (C=O) groups excluding carboxylic acids is 1. The molecule has 10 heteroatoms. The second-order valence-electron chi connectivity index (χ2n) is 4.89. The topological polar surface area (TPSA) is 77.9 Å². The van der Waals surface area contributed by atoms with Gasteiger partial charge < -0.3 is 4.74 Å². The Hall–Kier alpha value is -2.81. The number of ether oxygens (including phenoxy) is 1. The summed E-state index contributed by atoms with van der Waals surface area (Å²) in [6, 6.07) is 4.12. The van der Waals surface area contributed by atoms with E-state index in [1.807, 2.05) is 0 Å². The fourth-order valence-corrected chi connectivity index (χ4v) is 2.17. The molecule has 0 aliphatic heterocycles. The fourth-order valence-electron chi connectivity index (χ4n) is 2.07. The van der Waals surface area contributed by atoms with Crippen LogP contribution in [0.4, 0.5) is 13.2 Å². The molecule has 2 heterocycles. The van der Waals surface area contributed by atoms with Crippen molar-refractivity contribution < 1.29 is 22.7 Å². The molecular weight excluding hydrogens is 361 g/mol. The first-order chi connectivity index (χ1) is 11.8. The molecular formula is C15H8ClF3N4O2. The smallest absolute Gasteiger partial charge is 0.423 e. The Morgan fingerprint density at radius 1 is 1.16 bits per heavy atom. The zero-order valence-electron chi connectivity index (χ0n) is 12.5. The Labute approximate surface area is 143 Å². The maximum Gasteiger partial charge on any atom is 0.451 e. The van der Waals surface area contributed by atoms with Gasteiger partial charge in [0.1, 0.15) is 11.4 Å². The normalized spacial score (nSPS) is 11.6. The maximum atomic E-state index is 12.9. The number of nitrogens with zero attached hydrogens (tertiary/aromatic N) is 4. The van der Waals surface area contributed by atoms with Crippen LogP contribution in [0.15, 0.2) is 30.6 Å². The summed E-state index contributed by atoms with van der Waals surface area (Å²) in [7, 11) is 0. The molecule has 0 bridgehead atoms. The van der Waals surface area contributed by atoms with Crippen molar-refractivity contribution in [3.05, 3.63) is 47.1 Å². The number of rotatable bonds is 3. The largest absolute Gasteiger partial charge is 0.451 e. The van der Waals surface area contributed by atoms with E-state index < -0.39 is 23.5 Å². The van der Waals surface area contributed by atoms with Crippen LogP contribution < -0.4 is 4.74 Å². The number of fused-ring (bicyclic) bond motifs is 1. The molecule has 0 saturated carbocycles. The molecule has 3 rings (SSSR count). The fraction of sp³-hybridized carbons (Fsp3) is 0.133. The van der Waals surface area contributed by atoms with Gasteiger partial charge in [-0.1, -0.05) is 17.7 Å². The van der Waals surface area contributed by atoms with Gasteiger partial charge >= 0.3 is 12.2 Å². The summed E-state index contributed by atoms with van der Waals surface area (Å²) >= 11 is 5.68. The van der Waals surface area contributed by atoms with Crippen molar-refractivity contribution in [3.63, 3.8) is 0 Å². The average molecular weight is 369 g/mol. The Kier molecular flexibility index (Phi) is 4.25. The minimum Gasteiger partial charge on any atom is -0.423 e. The number of carbonyl (C=O) groups is 1. The zero-order chi connectivity index (χ0) is 18.2. The van der Waals surface area contributed by atoms with Crippen molar-refractivity contribution in [3.8, 4) is 11.8 Å². The van der Waals surface area contributed by atoms with Crippen molar-refractivity contribution >= 4 is 28.3 Å². The first-order valence-corrected chi connectivity index (χ1v) is 7.18. The van der Waals surface area contributed by atoms with Crippen molar-refractivity contribution in [2.45, 2.75) is 13.1 Å². The number of Topliss-reactive ketones (excluding diaryl/α,β-unsaturated/α-hetero) is 1. The van der Waals surface area contributed by atoms with Crippen molar-refractivity contribution in [2.24, 2.45) is 0 Å². The van der Waals surface area contributed by atoms with Gasteiger partial charge in [0.2, 0.25) is 5.82 Å². The molecule has 6 nitrogen and oxygen atoms in total. The molecule has 0 saturated heterocycles. The van der Waals surface area contributed by atoms with Crippen LogP contribution in [0.25, 0.3) is 10.9 Å². The Morgan fingerprint density at radius 2 is 1.84 bits per heavy atom. The molecule has 0 radical (unpaired) electrons. The van der Waals surface area contributed by atoms with E-state index in [-0.39, 0.29) is 27.7 Å². The molecule has 1 aromatic carbocycles. The van der Waals surface area contributed by atoms with Crippen LogP contribution in [0.3, 0.4) is 0 Å². The standard InChI is InChI=1S/C15H8ClF3N4O2/c1-7(24)12-11-9(22-13(23-12)15(17,18)19)3-2-4-10(11)25-14-20-5-8(16)6-21-14/h2-6H,1H3. The van der Waals surface area contributed by atoms with Gasteiger partial charge in [-0.05, 0) is 12.1 Å². The number of aromatic nitrogens is 4. The lowest BCUT2D eigenvalue weighted by Gasteiger charge is -2.12. The van der Waals surface area contributed by atoms with Gasteiger partial charge in [0.25, 0.3) is 0 Å². The Morgan fingerprint density at radius 3 is 2.44 bits per heavy atom. The van der Waals surface area contributed by atoms with E-state index in [1.165, 1.54) is 30.6 Å². The predicted molar refractivity (Wildman–Crippen MR) is 81.7 cm³/mol. The molecule has 0 spiro atoms. The van der Waals surface area contributed by atoms with Crippen LogP contribution in [-0.2, 0) is 6.18 Å². The third-order valence-corrected chi connectivity index (χ3v) is 3.27. The lowest BCUT2D eigenvalue weighted by Crippen LogP contribution is -2.14. The molecule has 3 aromatic rings. The second-order valence-corrected chi connectivity index (χ2v) is 5.32. The van der Waals surface area contributed by atoms with E-state index >= 15 is 0 Å². The van der Waals surface area contributed by atoms with Gasteiger partial charge in [0, 0.05) is 6.92 Å². The van der Waals surface area contributed by atoms with Crippen LogP contribution in [-0.4, -0.2) is 25.7 Å². The molecule has 0 fully saturated rings. The van der Waals surface area contributed by atoms with E-state index in [2.05, 4.69) is 19.9 Å². The average Bonchev–Trinajstić information content (AvgIpc) is 2.55. The van der Waals surface area contributed by atoms with Gasteiger partial charge in [-0.2, -0.15) is 13.2 Å². The van der Waals surface area contributed by atoms with E-state index in [0.717, 1.165) is 6.92 Å². The molecule has 0 aliphatic carbocycles. The summed E-state index contributed by atoms with van der Waals surface area (Å²) in [6.45, 7) is 1.11. The maximum absolute atomic E-state index is 12.9. The molecule has 0 unspecified atom stereocenters. The number of hydrogen-bond acceptors (Lipinski definition) is 6. The monoisotopic (exact) mass is 368 g/mol. The quantitative estimate of drug-likeness (QED) is 0.648. The highest BCUT2D eigenvalue weighted by Crippen LogP contribution is 2.33. The number of alkyl halides is 3. The molecule has 128 valence electrons. The summed E-state index contributed by atoms with van der Waals surface area (Å²) in [4.78, 5) is 26.3. The van der Waals surface area contributed by atoms with Crippen LogP contribution >= 0.6 is 11.6 Å². The zero-order valence-corrected chi connectivity index (χ0v) is 13.3. The van der Waals surface area contributed by atoms with E-state index in [1.54, 1.807) is 0 Å². The van der Waals surface area contributed by atoms with Gasteiger partial charge in [-0.15, -0.1) is 0 Å². The highest BCUT2D eigenvalue weighted by molar-refractivity contribution is 6.30. The highest BCUT2D eigenvalue weighted by Gasteiger charge is 2.36. The SMILES string of the molecule is CC(=O)c1nc(C(F)(F)F)nc2cccc(Oc3ncc(Cl)cn3)c12. The van der Waals surface area contributed by atoms with Crippen molar-refractivity contribution in [1.29, 1.82) is 0 Å². The third-order valence-electron chi connectivity index (χ3n) is 3.07. The first kappa shape index (κ1) is 17.0. The predicted octanol–water partition coefficient (Wildman–Crippen LogP) is 4.09. The van der Waals surface area contributed by atoms with Crippen molar-refractivity contribution in [2.75, 3.05) is 0 Å². The summed E-state index contributed by atoms with van der Waals surface area (Å²) in [6.07, 6.45) is -2.20. The van der Waals surface area contributed by atoms with Crippen molar-refractivity contribution in [1.82, 2.24) is 19.9 Å². The summed E-state index contributed by atoms with van der Waals surface area (Å²) in [5.74, 6) is -2.00. The van der Waals surface area contributed by atoms with E-state index in [9.17, 15) is 18.0 Å². The summed E-state index contributed by atoms with van der Waals surface area (Å²) in [5.41, 5.74) is -0.485. The summed E-state index contributed by atoms with van der Waals surface area (Å²) in [5, 5.41) is 0.328. The van der Waals surface area contributed by atoms with Gasteiger partial charge in [0.15, 0.2) is 5.78 Å². The minimum atomic E-state index is -4.78. The number of ketones is 1. The summed E-state index contributed by atoms with van der Waals surface area (Å²) < 4.78 is 44.3. The molecule has 0 aliphatic rings. The lowest BCUT2D eigenvalue weighted by atomic mass is 10.1. The van der Waals surface area contributed by atoms with Gasteiger partial charge in [0.05, 0.1) is 28.3 Å². The molecule has 0 atom stereocenters. The molecule has 0 amide bonds. The minimum absolute atomic E-state index is 0.0431. The molecule has 0 N–H and O–H groups in total. The van der Waals surface area contributed by atoms with E-state index in [0.29, 0.717) is 0 Å². The number of halogens is 4. The first-order valence-electron chi connectivity index (χ1n) is 6.80. The van der Waals surface area contributed by atoms with E-state index in [4.69, 9.17) is 16.3 Å². The van der Waals surface area contributed by atoms with Gasteiger partial charge in [-0.25, -0.2) is 19.9 Å². The Bertz CT molecular complexity index is 961. The van der Waals surface area contributed by atoms with Crippen LogP contribution in [0.2, 0.25) is 5.02 Å². The highest BCUT2D eigenvalue weighted by atomic mass is 35.5.